The Labute approximate surface area is 114 Å². The predicted octanol–water partition coefficient (Wildman–Crippen LogP) is 4.62. The van der Waals surface area contributed by atoms with Crippen LogP contribution < -0.4 is 9.47 Å². The van der Waals surface area contributed by atoms with Gasteiger partial charge in [0.2, 0.25) is 0 Å². The fourth-order valence-corrected chi connectivity index (χ4v) is 2.39. The molecule has 1 aromatic rings. The van der Waals surface area contributed by atoms with E-state index in [2.05, 4.69) is 45.7 Å². The number of methoxy groups -OCH3 is 2. The summed E-state index contributed by atoms with van der Waals surface area (Å²) >= 11 is 7.19. The Morgan fingerprint density at radius 2 is 1.19 bits per heavy atom. The average Bonchev–Trinajstić information content (AvgIpc) is 2.26. The normalized spacial score (nSPS) is 14.4. The van der Waals surface area contributed by atoms with Crippen molar-refractivity contribution in [2.75, 3.05) is 14.2 Å². The smallest absolute Gasteiger partial charge is 0.161 e. The van der Waals surface area contributed by atoms with Crippen molar-refractivity contribution in [3.05, 3.63) is 23.3 Å². The topological polar surface area (TPSA) is 18.5 Å². The molecule has 0 amide bonds. The lowest BCUT2D eigenvalue weighted by molar-refractivity contribution is 0.354. The third-order valence-corrected chi connectivity index (χ3v) is 3.43. The van der Waals surface area contributed by atoms with Crippen LogP contribution in [0.25, 0.3) is 0 Å². The largest absolute Gasteiger partial charge is 0.493 e. The molecule has 0 N–H and O–H groups in total. The van der Waals surface area contributed by atoms with Crippen molar-refractivity contribution in [2.24, 2.45) is 0 Å². The summed E-state index contributed by atoms with van der Waals surface area (Å²) in [5.74, 6) is 1.53. The summed E-state index contributed by atoms with van der Waals surface area (Å²) in [5.41, 5.74) is 2.42. The second kappa shape index (κ2) is 5.92. The summed E-state index contributed by atoms with van der Waals surface area (Å²) in [6.45, 7) is 4.19. The molecule has 0 spiro atoms. The fraction of sp³-hybridized carbons (Fsp3) is 0.500. The number of halogens is 2. The monoisotopic (exact) mass is 350 g/mol. The molecule has 16 heavy (non-hydrogen) atoms. The van der Waals surface area contributed by atoms with Gasteiger partial charge in [0.1, 0.15) is 0 Å². The van der Waals surface area contributed by atoms with E-state index in [0.29, 0.717) is 0 Å². The van der Waals surface area contributed by atoms with Gasteiger partial charge in [-0.15, -0.1) is 0 Å². The van der Waals surface area contributed by atoms with Crippen molar-refractivity contribution >= 4 is 31.9 Å². The van der Waals surface area contributed by atoms with Gasteiger partial charge in [0, 0.05) is 9.65 Å². The van der Waals surface area contributed by atoms with E-state index in [-0.39, 0.29) is 9.65 Å². The standard InChI is InChI=1S/C12H16Br2O2/c1-7(13)9-5-11(15-3)12(16-4)6-10(9)8(2)14/h5-8H,1-4H3. The Bertz CT molecular complexity index is 327. The van der Waals surface area contributed by atoms with Gasteiger partial charge in [-0.25, -0.2) is 0 Å². The fourth-order valence-electron chi connectivity index (χ4n) is 1.60. The first-order valence-electron chi connectivity index (χ1n) is 5.05. The maximum Gasteiger partial charge on any atom is 0.161 e. The van der Waals surface area contributed by atoms with Crippen LogP contribution in [0.1, 0.15) is 34.6 Å². The average molecular weight is 352 g/mol. The molecule has 0 aliphatic heterocycles. The molecule has 1 aromatic carbocycles. The first kappa shape index (κ1) is 13.8. The molecule has 2 nitrogen and oxygen atoms in total. The molecule has 90 valence electrons. The zero-order chi connectivity index (χ0) is 12.3. The van der Waals surface area contributed by atoms with E-state index in [1.54, 1.807) is 14.2 Å². The van der Waals surface area contributed by atoms with Crippen LogP contribution >= 0.6 is 31.9 Å². The number of benzene rings is 1. The number of hydrogen-bond acceptors (Lipinski definition) is 2. The molecular weight excluding hydrogens is 336 g/mol. The van der Waals surface area contributed by atoms with Crippen LogP contribution in [-0.4, -0.2) is 14.2 Å². The van der Waals surface area contributed by atoms with Crippen LogP contribution in [0.2, 0.25) is 0 Å². The quantitative estimate of drug-likeness (QED) is 0.737. The van der Waals surface area contributed by atoms with Gasteiger partial charge in [0.05, 0.1) is 14.2 Å². The molecule has 2 unspecified atom stereocenters. The molecule has 0 radical (unpaired) electrons. The third kappa shape index (κ3) is 2.92. The highest BCUT2D eigenvalue weighted by atomic mass is 79.9. The third-order valence-electron chi connectivity index (χ3n) is 2.45. The zero-order valence-electron chi connectivity index (χ0n) is 9.88. The van der Waals surface area contributed by atoms with Crippen molar-refractivity contribution in [1.82, 2.24) is 0 Å². The van der Waals surface area contributed by atoms with Crippen molar-refractivity contribution in [3.63, 3.8) is 0 Å². The number of rotatable bonds is 4. The first-order valence-corrected chi connectivity index (χ1v) is 6.88. The first-order chi connectivity index (χ1) is 7.51. The van der Waals surface area contributed by atoms with E-state index in [9.17, 15) is 0 Å². The van der Waals surface area contributed by atoms with Crippen molar-refractivity contribution < 1.29 is 9.47 Å². The minimum Gasteiger partial charge on any atom is -0.493 e. The van der Waals surface area contributed by atoms with Gasteiger partial charge in [-0.1, -0.05) is 31.9 Å². The summed E-state index contributed by atoms with van der Waals surface area (Å²) in [4.78, 5) is 0.560. The van der Waals surface area contributed by atoms with Crippen LogP contribution in [0.4, 0.5) is 0 Å². The molecule has 1 rings (SSSR count). The minimum atomic E-state index is 0.280. The lowest BCUT2D eigenvalue weighted by Crippen LogP contribution is -1.99. The molecule has 0 saturated heterocycles. The summed E-state index contributed by atoms with van der Waals surface area (Å²) in [6, 6.07) is 4.04. The van der Waals surface area contributed by atoms with Gasteiger partial charge >= 0.3 is 0 Å². The van der Waals surface area contributed by atoms with E-state index >= 15 is 0 Å². The second-order valence-corrected chi connectivity index (χ2v) is 6.32. The maximum atomic E-state index is 5.30. The van der Waals surface area contributed by atoms with Gasteiger partial charge in [0.25, 0.3) is 0 Å². The van der Waals surface area contributed by atoms with E-state index in [0.717, 1.165) is 11.5 Å². The molecule has 0 fully saturated rings. The molecule has 0 aliphatic rings. The van der Waals surface area contributed by atoms with Crippen LogP contribution in [0, 0.1) is 0 Å². The Hall–Kier alpha value is -0.220. The van der Waals surface area contributed by atoms with E-state index in [4.69, 9.17) is 9.47 Å². The van der Waals surface area contributed by atoms with Gasteiger partial charge in [-0.3, -0.25) is 0 Å². The highest BCUT2D eigenvalue weighted by molar-refractivity contribution is 9.09. The van der Waals surface area contributed by atoms with Crippen LogP contribution in [0.15, 0.2) is 12.1 Å². The van der Waals surface area contributed by atoms with Crippen molar-refractivity contribution in [1.29, 1.82) is 0 Å². The molecule has 0 aromatic heterocycles. The number of ether oxygens (including phenoxy) is 2. The molecule has 4 heteroatoms. The lowest BCUT2D eigenvalue weighted by atomic mass is 10.0. The van der Waals surface area contributed by atoms with Gasteiger partial charge in [-0.05, 0) is 37.1 Å². The highest BCUT2D eigenvalue weighted by Crippen LogP contribution is 2.40. The predicted molar refractivity (Wildman–Crippen MR) is 74.2 cm³/mol. The summed E-state index contributed by atoms with van der Waals surface area (Å²) < 4.78 is 10.6. The summed E-state index contributed by atoms with van der Waals surface area (Å²) in [5, 5.41) is 0. The summed E-state index contributed by atoms with van der Waals surface area (Å²) in [6.07, 6.45) is 0. The van der Waals surface area contributed by atoms with E-state index < -0.39 is 0 Å². The molecule has 0 bridgehead atoms. The SMILES string of the molecule is COc1cc(C(C)Br)c(C(C)Br)cc1OC. The van der Waals surface area contributed by atoms with Gasteiger partial charge in [0.15, 0.2) is 11.5 Å². The zero-order valence-corrected chi connectivity index (χ0v) is 13.1. The molecule has 0 saturated carbocycles. The maximum absolute atomic E-state index is 5.30. The van der Waals surface area contributed by atoms with E-state index in [1.165, 1.54) is 11.1 Å². The Kier molecular flexibility index (Phi) is 5.12. The molecule has 0 heterocycles. The van der Waals surface area contributed by atoms with Gasteiger partial charge < -0.3 is 9.47 Å². The minimum absolute atomic E-state index is 0.280. The van der Waals surface area contributed by atoms with Crippen molar-refractivity contribution in [3.8, 4) is 11.5 Å². The Morgan fingerprint density at radius 3 is 1.38 bits per heavy atom. The van der Waals surface area contributed by atoms with Crippen LogP contribution in [0.5, 0.6) is 11.5 Å². The van der Waals surface area contributed by atoms with Crippen LogP contribution in [-0.2, 0) is 0 Å². The van der Waals surface area contributed by atoms with E-state index in [1.807, 2.05) is 12.1 Å². The number of alkyl halides is 2. The molecule has 0 aliphatic carbocycles. The molecule has 2 atom stereocenters. The molecular formula is C12H16Br2O2. The highest BCUT2D eigenvalue weighted by Gasteiger charge is 2.16. The Balaban J connectivity index is 3.35. The lowest BCUT2D eigenvalue weighted by Gasteiger charge is -2.17. The Morgan fingerprint density at radius 1 is 0.875 bits per heavy atom. The van der Waals surface area contributed by atoms with Crippen molar-refractivity contribution in [2.45, 2.75) is 23.5 Å². The number of hydrogen-bond donors (Lipinski definition) is 0. The summed E-state index contributed by atoms with van der Waals surface area (Å²) in [7, 11) is 3.30. The van der Waals surface area contributed by atoms with Crippen LogP contribution in [0.3, 0.4) is 0 Å². The van der Waals surface area contributed by atoms with Gasteiger partial charge in [-0.2, -0.15) is 0 Å². The second-order valence-electron chi connectivity index (χ2n) is 3.57.